The van der Waals surface area contributed by atoms with Crippen LogP contribution in [0.5, 0.6) is 0 Å². The zero-order valence-electron chi connectivity index (χ0n) is 8.84. The Labute approximate surface area is 99.7 Å². The SMILES string of the molecule is Cc1noc(NS(=O)(=O)c2sc(=O)[nH]c2C)n1. The molecule has 17 heavy (non-hydrogen) atoms. The number of rotatable bonds is 3. The Morgan fingerprint density at radius 2 is 2.12 bits per heavy atom. The van der Waals surface area contributed by atoms with Crippen molar-refractivity contribution in [2.75, 3.05) is 4.72 Å². The fourth-order valence-electron chi connectivity index (χ4n) is 1.15. The van der Waals surface area contributed by atoms with Crippen LogP contribution in [0.3, 0.4) is 0 Å². The molecule has 0 spiro atoms. The van der Waals surface area contributed by atoms with Crippen molar-refractivity contribution < 1.29 is 12.9 Å². The number of nitrogens with one attached hydrogen (secondary N) is 2. The van der Waals surface area contributed by atoms with Crippen molar-refractivity contribution in [2.24, 2.45) is 0 Å². The summed E-state index contributed by atoms with van der Waals surface area (Å²) in [7, 11) is -3.87. The Morgan fingerprint density at radius 3 is 2.59 bits per heavy atom. The van der Waals surface area contributed by atoms with E-state index in [2.05, 4.69) is 24.4 Å². The summed E-state index contributed by atoms with van der Waals surface area (Å²) in [6.45, 7) is 3.05. The first kappa shape index (κ1) is 11.8. The van der Waals surface area contributed by atoms with Gasteiger partial charge in [-0.3, -0.25) is 4.79 Å². The van der Waals surface area contributed by atoms with Crippen LogP contribution >= 0.6 is 11.3 Å². The molecule has 0 atom stereocenters. The molecule has 8 nitrogen and oxygen atoms in total. The lowest BCUT2D eigenvalue weighted by Crippen LogP contribution is -2.12. The van der Waals surface area contributed by atoms with Crippen LogP contribution in [0.4, 0.5) is 6.01 Å². The van der Waals surface area contributed by atoms with Gasteiger partial charge in [0.15, 0.2) is 10.0 Å². The number of aromatic nitrogens is 3. The summed E-state index contributed by atoms with van der Waals surface area (Å²) in [4.78, 5) is 16.7. The van der Waals surface area contributed by atoms with Crippen LogP contribution < -0.4 is 9.60 Å². The summed E-state index contributed by atoms with van der Waals surface area (Å²) in [5.41, 5.74) is 0.267. The Hall–Kier alpha value is -1.68. The molecule has 0 aliphatic carbocycles. The average Bonchev–Trinajstić information content (AvgIpc) is 2.72. The van der Waals surface area contributed by atoms with E-state index in [0.29, 0.717) is 17.2 Å². The molecule has 2 rings (SSSR count). The molecule has 0 saturated carbocycles. The second-order valence-electron chi connectivity index (χ2n) is 3.18. The molecule has 0 bridgehead atoms. The summed E-state index contributed by atoms with van der Waals surface area (Å²) in [5, 5.41) is 3.44. The second kappa shape index (κ2) is 3.96. The first-order valence-corrected chi connectivity index (χ1v) is 6.71. The van der Waals surface area contributed by atoms with Crippen LogP contribution in [0.25, 0.3) is 0 Å². The van der Waals surface area contributed by atoms with Crippen molar-refractivity contribution in [1.82, 2.24) is 15.1 Å². The van der Waals surface area contributed by atoms with Gasteiger partial charge < -0.3 is 9.51 Å². The van der Waals surface area contributed by atoms with E-state index >= 15 is 0 Å². The Bertz CT molecular complexity index is 696. The van der Waals surface area contributed by atoms with Gasteiger partial charge in [-0.25, -0.2) is 13.1 Å². The summed E-state index contributed by atoms with van der Waals surface area (Å²) in [6.07, 6.45) is 0. The van der Waals surface area contributed by atoms with Crippen LogP contribution in [-0.2, 0) is 10.0 Å². The Balaban J connectivity index is 2.37. The maximum Gasteiger partial charge on any atom is 0.335 e. The van der Waals surface area contributed by atoms with Crippen LogP contribution in [0.1, 0.15) is 11.5 Å². The van der Waals surface area contributed by atoms with Crippen molar-refractivity contribution in [3.8, 4) is 0 Å². The molecule has 0 amide bonds. The number of thiazole rings is 1. The van der Waals surface area contributed by atoms with E-state index in [9.17, 15) is 13.2 Å². The van der Waals surface area contributed by atoms with Crippen molar-refractivity contribution in [2.45, 2.75) is 18.1 Å². The van der Waals surface area contributed by atoms with E-state index in [0.717, 1.165) is 0 Å². The molecule has 2 heterocycles. The molecule has 2 aromatic heterocycles. The molecule has 0 aliphatic heterocycles. The molecule has 0 radical (unpaired) electrons. The zero-order valence-corrected chi connectivity index (χ0v) is 10.5. The largest absolute Gasteiger partial charge is 0.335 e. The third-order valence-electron chi connectivity index (χ3n) is 1.77. The smallest absolute Gasteiger partial charge is 0.315 e. The van der Waals surface area contributed by atoms with Crippen LogP contribution in [-0.4, -0.2) is 23.5 Å². The van der Waals surface area contributed by atoms with E-state index in [1.165, 1.54) is 6.92 Å². The minimum Gasteiger partial charge on any atom is -0.315 e. The molecular formula is C7H8N4O4S2. The van der Waals surface area contributed by atoms with Gasteiger partial charge in [0.05, 0.1) is 0 Å². The Kier molecular flexibility index (Phi) is 2.75. The van der Waals surface area contributed by atoms with Crippen molar-refractivity contribution in [3.05, 3.63) is 21.2 Å². The van der Waals surface area contributed by atoms with Gasteiger partial charge in [-0.05, 0) is 13.8 Å². The quantitative estimate of drug-likeness (QED) is 0.828. The minimum atomic E-state index is -3.87. The average molecular weight is 276 g/mol. The van der Waals surface area contributed by atoms with Gasteiger partial charge in [0.25, 0.3) is 10.0 Å². The number of hydrogen-bond donors (Lipinski definition) is 2. The molecule has 0 unspecified atom stereocenters. The van der Waals surface area contributed by atoms with Crippen LogP contribution in [0, 0.1) is 13.8 Å². The van der Waals surface area contributed by atoms with Crippen molar-refractivity contribution >= 4 is 27.4 Å². The van der Waals surface area contributed by atoms with Crippen LogP contribution in [0.2, 0.25) is 0 Å². The number of H-pyrrole nitrogens is 1. The Morgan fingerprint density at radius 1 is 1.41 bits per heavy atom. The van der Waals surface area contributed by atoms with Crippen LogP contribution in [0.15, 0.2) is 13.5 Å². The number of hydrogen-bond acceptors (Lipinski definition) is 7. The second-order valence-corrected chi connectivity index (χ2v) is 6.04. The molecule has 0 aliphatic rings. The van der Waals surface area contributed by atoms with Gasteiger partial charge in [-0.2, -0.15) is 4.98 Å². The lowest BCUT2D eigenvalue weighted by atomic mass is 10.6. The van der Waals surface area contributed by atoms with E-state index in [-0.39, 0.29) is 15.9 Å². The molecule has 10 heteroatoms. The lowest BCUT2D eigenvalue weighted by Gasteiger charge is -2.00. The molecule has 2 aromatic rings. The van der Waals surface area contributed by atoms with E-state index in [1.54, 1.807) is 6.92 Å². The van der Waals surface area contributed by atoms with Gasteiger partial charge in [0, 0.05) is 5.69 Å². The highest BCUT2D eigenvalue weighted by Crippen LogP contribution is 2.19. The molecule has 0 fully saturated rings. The summed E-state index contributed by atoms with van der Waals surface area (Å²) in [5.74, 6) is 0.307. The summed E-state index contributed by atoms with van der Waals surface area (Å²) >= 11 is 0.596. The van der Waals surface area contributed by atoms with Gasteiger partial charge >= 0.3 is 10.9 Å². The van der Waals surface area contributed by atoms with E-state index in [1.807, 2.05) is 0 Å². The first-order valence-electron chi connectivity index (χ1n) is 4.41. The van der Waals surface area contributed by atoms with E-state index < -0.39 is 14.9 Å². The highest BCUT2D eigenvalue weighted by molar-refractivity contribution is 7.94. The standard InChI is InChI=1S/C7H8N4O4S2/c1-3-5(16-7(12)8-3)17(13,14)11-6-9-4(2)10-15-6/h1-2H3,(H,8,12)(H,9,10,11). The highest BCUT2D eigenvalue weighted by Gasteiger charge is 2.22. The third kappa shape index (κ3) is 2.36. The molecular weight excluding hydrogens is 268 g/mol. The molecule has 0 saturated heterocycles. The van der Waals surface area contributed by atoms with E-state index in [4.69, 9.17) is 0 Å². The molecule has 92 valence electrons. The number of sulfonamides is 1. The van der Waals surface area contributed by atoms with Gasteiger partial charge in [-0.15, -0.1) is 0 Å². The fraction of sp³-hybridized carbons (Fsp3) is 0.286. The zero-order chi connectivity index (χ0) is 12.6. The summed E-state index contributed by atoms with van der Waals surface area (Å²) in [6, 6.07) is -0.234. The third-order valence-corrected chi connectivity index (χ3v) is 4.70. The maximum absolute atomic E-state index is 11.9. The monoisotopic (exact) mass is 276 g/mol. The number of nitrogens with zero attached hydrogens (tertiary/aromatic N) is 2. The van der Waals surface area contributed by atoms with Gasteiger partial charge in [0.2, 0.25) is 0 Å². The normalized spacial score (nSPS) is 11.6. The van der Waals surface area contributed by atoms with Gasteiger partial charge in [0.1, 0.15) is 0 Å². The maximum atomic E-state index is 11.9. The lowest BCUT2D eigenvalue weighted by molar-refractivity contribution is 0.429. The first-order chi connectivity index (χ1) is 7.88. The predicted molar refractivity (Wildman–Crippen MR) is 59.5 cm³/mol. The minimum absolute atomic E-state index is 0.0987. The number of aromatic amines is 1. The summed E-state index contributed by atoms with van der Waals surface area (Å²) < 4.78 is 30.3. The highest BCUT2D eigenvalue weighted by atomic mass is 32.2. The fourth-order valence-corrected chi connectivity index (χ4v) is 3.37. The molecule has 2 N–H and O–H groups in total. The molecule has 0 aromatic carbocycles. The number of anilines is 1. The van der Waals surface area contributed by atoms with Crippen molar-refractivity contribution in [3.63, 3.8) is 0 Å². The number of aryl methyl sites for hydroxylation is 2. The van der Waals surface area contributed by atoms with Crippen molar-refractivity contribution in [1.29, 1.82) is 0 Å². The predicted octanol–water partition coefficient (Wildman–Crippen LogP) is 0.237. The topological polar surface area (TPSA) is 118 Å². The van der Waals surface area contributed by atoms with Gasteiger partial charge in [-0.1, -0.05) is 16.5 Å².